The van der Waals surface area contributed by atoms with Crippen LogP contribution in [0.5, 0.6) is 23.3 Å². The lowest BCUT2D eigenvalue weighted by atomic mass is 10.2. The molecule has 5 nitrogen and oxygen atoms in total. The van der Waals surface area contributed by atoms with Crippen LogP contribution in [0.1, 0.15) is 13.8 Å². The monoisotopic (exact) mass is 288 g/mol. The van der Waals surface area contributed by atoms with Crippen LogP contribution in [0.3, 0.4) is 0 Å². The van der Waals surface area contributed by atoms with Gasteiger partial charge in [-0.3, -0.25) is 0 Å². The second-order valence-corrected chi connectivity index (χ2v) is 5.00. The van der Waals surface area contributed by atoms with Gasteiger partial charge in [-0.05, 0) is 24.1 Å². The van der Waals surface area contributed by atoms with Gasteiger partial charge in [0.05, 0.1) is 19.4 Å². The molecule has 1 aromatic heterocycles. The summed E-state index contributed by atoms with van der Waals surface area (Å²) >= 11 is 0. The number of para-hydroxylation sites is 2. The van der Waals surface area contributed by atoms with E-state index in [-0.39, 0.29) is 0 Å². The van der Waals surface area contributed by atoms with Crippen LogP contribution < -0.4 is 19.9 Å². The Kier molecular flexibility index (Phi) is 4.87. The molecule has 0 amide bonds. The van der Waals surface area contributed by atoms with Crippen molar-refractivity contribution in [2.75, 3.05) is 19.5 Å². The number of rotatable bonds is 6. The number of ether oxygens (including phenoxy) is 3. The number of methoxy groups -OCH3 is 1. The summed E-state index contributed by atoms with van der Waals surface area (Å²) < 4.78 is 16.6. The molecule has 0 saturated carbocycles. The second kappa shape index (κ2) is 6.83. The highest BCUT2D eigenvalue weighted by Crippen LogP contribution is 2.32. The van der Waals surface area contributed by atoms with Crippen molar-refractivity contribution in [1.29, 1.82) is 0 Å². The molecule has 0 atom stereocenters. The quantitative estimate of drug-likeness (QED) is 0.881. The van der Waals surface area contributed by atoms with E-state index >= 15 is 0 Å². The minimum Gasteiger partial charge on any atom is -0.493 e. The Hall–Kier alpha value is -2.43. The van der Waals surface area contributed by atoms with Crippen molar-refractivity contribution in [3.63, 3.8) is 0 Å². The van der Waals surface area contributed by atoms with Gasteiger partial charge in [-0.1, -0.05) is 26.0 Å². The van der Waals surface area contributed by atoms with Crippen molar-refractivity contribution in [1.82, 2.24) is 4.98 Å². The molecule has 0 fully saturated rings. The molecule has 1 aromatic carbocycles. The molecular weight excluding hydrogens is 268 g/mol. The van der Waals surface area contributed by atoms with Gasteiger partial charge in [0.1, 0.15) is 0 Å². The van der Waals surface area contributed by atoms with E-state index in [0.29, 0.717) is 41.5 Å². The summed E-state index contributed by atoms with van der Waals surface area (Å²) in [6.07, 6.45) is 0. The SMILES string of the molecule is COc1ccccc1Oc1ccc(N)c(OCC(C)C)n1. The number of pyridine rings is 1. The smallest absolute Gasteiger partial charge is 0.240 e. The Labute approximate surface area is 124 Å². The lowest BCUT2D eigenvalue weighted by Gasteiger charge is -2.12. The average Bonchev–Trinajstić information content (AvgIpc) is 2.48. The molecule has 0 spiro atoms. The lowest BCUT2D eigenvalue weighted by Crippen LogP contribution is -2.07. The Bertz CT molecular complexity index is 600. The largest absolute Gasteiger partial charge is 0.493 e. The fraction of sp³-hybridized carbons (Fsp3) is 0.312. The fourth-order valence-electron chi connectivity index (χ4n) is 1.67. The maximum atomic E-state index is 5.86. The van der Waals surface area contributed by atoms with Crippen molar-refractivity contribution in [2.24, 2.45) is 5.92 Å². The summed E-state index contributed by atoms with van der Waals surface area (Å²) in [6, 6.07) is 10.8. The third kappa shape index (κ3) is 4.02. The molecule has 0 aliphatic heterocycles. The topological polar surface area (TPSA) is 66.6 Å². The van der Waals surface area contributed by atoms with Gasteiger partial charge in [-0.15, -0.1) is 0 Å². The van der Waals surface area contributed by atoms with Gasteiger partial charge in [0.15, 0.2) is 11.5 Å². The molecule has 21 heavy (non-hydrogen) atoms. The van der Waals surface area contributed by atoms with Crippen molar-refractivity contribution in [3.05, 3.63) is 36.4 Å². The third-order valence-electron chi connectivity index (χ3n) is 2.70. The van der Waals surface area contributed by atoms with E-state index in [9.17, 15) is 0 Å². The van der Waals surface area contributed by atoms with Crippen LogP contribution in [-0.4, -0.2) is 18.7 Å². The number of aromatic nitrogens is 1. The van der Waals surface area contributed by atoms with E-state index in [1.165, 1.54) is 0 Å². The first kappa shape index (κ1) is 15.0. The highest BCUT2D eigenvalue weighted by atomic mass is 16.5. The first-order chi connectivity index (χ1) is 10.1. The van der Waals surface area contributed by atoms with Gasteiger partial charge in [-0.2, -0.15) is 4.98 Å². The number of nitrogens with zero attached hydrogens (tertiary/aromatic N) is 1. The van der Waals surface area contributed by atoms with Crippen LogP contribution in [-0.2, 0) is 0 Å². The molecule has 0 saturated heterocycles. The van der Waals surface area contributed by atoms with Gasteiger partial charge in [0.2, 0.25) is 11.8 Å². The average molecular weight is 288 g/mol. The summed E-state index contributed by atoms with van der Waals surface area (Å²) in [5.41, 5.74) is 6.35. The highest BCUT2D eigenvalue weighted by Gasteiger charge is 2.09. The molecule has 2 rings (SSSR count). The Balaban J connectivity index is 2.18. The minimum atomic E-state index is 0.385. The third-order valence-corrected chi connectivity index (χ3v) is 2.70. The molecule has 0 aliphatic rings. The zero-order chi connectivity index (χ0) is 15.2. The molecule has 2 aromatic rings. The fourth-order valence-corrected chi connectivity index (χ4v) is 1.67. The van der Waals surface area contributed by atoms with Crippen LogP contribution in [0.15, 0.2) is 36.4 Å². The van der Waals surface area contributed by atoms with E-state index in [4.69, 9.17) is 19.9 Å². The second-order valence-electron chi connectivity index (χ2n) is 5.00. The van der Waals surface area contributed by atoms with Crippen LogP contribution in [0.2, 0.25) is 0 Å². The summed E-state index contributed by atoms with van der Waals surface area (Å²) in [5, 5.41) is 0. The Morgan fingerprint density at radius 2 is 1.81 bits per heavy atom. The molecule has 5 heteroatoms. The maximum Gasteiger partial charge on any atom is 0.240 e. The van der Waals surface area contributed by atoms with Crippen LogP contribution in [0.25, 0.3) is 0 Å². The van der Waals surface area contributed by atoms with Crippen LogP contribution in [0.4, 0.5) is 5.69 Å². The normalized spacial score (nSPS) is 10.5. The molecule has 0 unspecified atom stereocenters. The Morgan fingerprint density at radius 1 is 1.10 bits per heavy atom. The maximum absolute atomic E-state index is 5.86. The van der Waals surface area contributed by atoms with Gasteiger partial charge in [0, 0.05) is 6.07 Å². The molecule has 0 aliphatic carbocycles. The summed E-state index contributed by atoms with van der Waals surface area (Å²) in [7, 11) is 1.59. The molecule has 2 N–H and O–H groups in total. The minimum absolute atomic E-state index is 0.385. The van der Waals surface area contributed by atoms with Crippen LogP contribution in [0, 0.1) is 5.92 Å². The van der Waals surface area contributed by atoms with E-state index < -0.39 is 0 Å². The number of hydrogen-bond donors (Lipinski definition) is 1. The number of benzene rings is 1. The summed E-state index contributed by atoms with van der Waals surface area (Å²) in [6.45, 7) is 4.67. The standard InChI is InChI=1S/C16H20N2O3/c1-11(2)10-20-16-12(17)8-9-15(18-16)21-14-7-5-4-6-13(14)19-3/h4-9,11H,10,17H2,1-3H3. The van der Waals surface area contributed by atoms with E-state index in [0.717, 1.165) is 0 Å². The molecule has 112 valence electrons. The van der Waals surface area contributed by atoms with Crippen molar-refractivity contribution >= 4 is 5.69 Å². The van der Waals surface area contributed by atoms with Crippen molar-refractivity contribution in [2.45, 2.75) is 13.8 Å². The van der Waals surface area contributed by atoms with E-state index in [2.05, 4.69) is 18.8 Å². The highest BCUT2D eigenvalue weighted by molar-refractivity contribution is 5.50. The predicted molar refractivity (Wildman–Crippen MR) is 82.1 cm³/mol. The number of nitrogen functional groups attached to an aromatic ring is 1. The number of anilines is 1. The molecule has 0 bridgehead atoms. The van der Waals surface area contributed by atoms with Gasteiger partial charge >= 0.3 is 0 Å². The predicted octanol–water partition coefficient (Wildman–Crippen LogP) is 3.50. The molecule has 1 heterocycles. The molecular formula is C16H20N2O3. The summed E-state index contributed by atoms with van der Waals surface area (Å²) in [5.74, 6) is 2.42. The Morgan fingerprint density at radius 3 is 2.48 bits per heavy atom. The van der Waals surface area contributed by atoms with Gasteiger partial charge in [0.25, 0.3) is 0 Å². The van der Waals surface area contributed by atoms with E-state index in [1.54, 1.807) is 19.2 Å². The van der Waals surface area contributed by atoms with Gasteiger partial charge in [-0.25, -0.2) is 0 Å². The first-order valence-corrected chi connectivity index (χ1v) is 6.80. The number of hydrogen-bond acceptors (Lipinski definition) is 5. The summed E-state index contributed by atoms with van der Waals surface area (Å²) in [4.78, 5) is 4.29. The molecule has 0 radical (unpaired) electrons. The van der Waals surface area contributed by atoms with Crippen molar-refractivity contribution < 1.29 is 14.2 Å². The van der Waals surface area contributed by atoms with Gasteiger partial charge < -0.3 is 19.9 Å². The van der Waals surface area contributed by atoms with Crippen LogP contribution >= 0.6 is 0 Å². The number of nitrogens with two attached hydrogens (primary N) is 1. The zero-order valence-corrected chi connectivity index (χ0v) is 12.5. The first-order valence-electron chi connectivity index (χ1n) is 6.80. The lowest BCUT2D eigenvalue weighted by molar-refractivity contribution is 0.260. The zero-order valence-electron chi connectivity index (χ0n) is 12.5. The van der Waals surface area contributed by atoms with E-state index in [1.807, 2.05) is 24.3 Å². The van der Waals surface area contributed by atoms with Crippen molar-refractivity contribution in [3.8, 4) is 23.3 Å².